The van der Waals surface area contributed by atoms with Crippen molar-refractivity contribution in [3.8, 4) is 0 Å². The first-order valence-corrected chi connectivity index (χ1v) is 19.5. The van der Waals surface area contributed by atoms with Crippen LogP contribution >= 0.6 is 0 Å². The lowest BCUT2D eigenvalue weighted by molar-refractivity contribution is -0.134. The number of likely N-dealkylation sites (tertiary alicyclic amines) is 2. The minimum Gasteiger partial charge on any atom is -0.343 e. The number of aromatic nitrogens is 4. The molecule has 1 atom stereocenters. The van der Waals surface area contributed by atoms with Gasteiger partial charge < -0.3 is 19.7 Å². The number of piperidine rings is 3. The van der Waals surface area contributed by atoms with Crippen LogP contribution in [0, 0.1) is 0 Å². The summed E-state index contributed by atoms with van der Waals surface area (Å²) in [5, 5.41) is 6.65. The number of carbonyl (C=O) groups is 3. The number of anilines is 2. The van der Waals surface area contributed by atoms with Crippen molar-refractivity contribution in [2.45, 2.75) is 94.7 Å². The Labute approximate surface area is 311 Å². The number of hydrogen-bond donors (Lipinski definition) is 2. The van der Waals surface area contributed by atoms with Gasteiger partial charge >= 0.3 is 0 Å². The van der Waals surface area contributed by atoms with E-state index in [4.69, 9.17) is 9.97 Å². The molecule has 0 spiro atoms. The molecule has 1 unspecified atom stereocenters. The first-order chi connectivity index (χ1) is 25.8. The molecule has 4 fully saturated rings. The molecule has 3 aromatic heterocycles. The van der Waals surface area contributed by atoms with Crippen molar-refractivity contribution in [1.29, 1.82) is 0 Å². The summed E-state index contributed by atoms with van der Waals surface area (Å²) in [6.45, 7) is 5.30. The van der Waals surface area contributed by atoms with E-state index < -0.39 is 0 Å². The van der Waals surface area contributed by atoms with Crippen molar-refractivity contribution in [1.82, 2.24) is 39.5 Å². The molecule has 53 heavy (non-hydrogen) atoms. The standard InChI is InChI=1S/C41H51N9O3/c1-47(2)40(53)35-23-31-25-43-41(46-38(31)50(35)33-5-3-4-6-33)44-36-13-7-27(24-42-36)26-48-19-17-32(18-20-48)49-21-15-29(16-22-49)28-8-10-30(11-9-28)34-12-14-37(51)45-39(34)52/h7-11,13,23-25,29,32-34H,3-6,12,14-22,26H2,1-2H3,(H,45,51,52)(H,42,43,44,46). The maximum absolute atomic E-state index is 13.1. The summed E-state index contributed by atoms with van der Waals surface area (Å²) in [5.41, 5.74) is 5.03. The van der Waals surface area contributed by atoms with Crippen molar-refractivity contribution >= 4 is 40.5 Å². The first kappa shape index (κ1) is 35.4. The lowest BCUT2D eigenvalue weighted by atomic mass is 9.85. The second kappa shape index (κ2) is 15.4. The molecule has 4 aromatic rings. The Morgan fingerprint density at radius 1 is 0.849 bits per heavy atom. The van der Waals surface area contributed by atoms with Gasteiger partial charge in [-0.1, -0.05) is 43.2 Å². The highest BCUT2D eigenvalue weighted by atomic mass is 16.2. The number of hydrogen-bond acceptors (Lipinski definition) is 9. The number of nitrogens with one attached hydrogen (secondary N) is 2. The van der Waals surface area contributed by atoms with Gasteiger partial charge in [0.25, 0.3) is 5.91 Å². The number of fused-ring (bicyclic) bond motifs is 1. The maximum Gasteiger partial charge on any atom is 0.270 e. The lowest BCUT2D eigenvalue weighted by Crippen LogP contribution is -2.47. The van der Waals surface area contributed by atoms with Crippen LogP contribution in [-0.4, -0.2) is 98.3 Å². The van der Waals surface area contributed by atoms with Gasteiger partial charge in [0.15, 0.2) is 0 Å². The van der Waals surface area contributed by atoms with Crippen molar-refractivity contribution in [3.63, 3.8) is 0 Å². The molecule has 3 aliphatic heterocycles. The van der Waals surface area contributed by atoms with E-state index in [1.165, 1.54) is 24.0 Å². The first-order valence-electron chi connectivity index (χ1n) is 19.5. The highest BCUT2D eigenvalue weighted by Gasteiger charge is 2.31. The maximum atomic E-state index is 13.1. The summed E-state index contributed by atoms with van der Waals surface area (Å²) in [7, 11) is 3.58. The number of pyridine rings is 1. The van der Waals surface area contributed by atoms with Crippen LogP contribution in [-0.2, 0) is 16.1 Å². The molecule has 4 aliphatic rings. The molecular formula is C41H51N9O3. The van der Waals surface area contributed by atoms with Crippen molar-refractivity contribution in [3.05, 3.63) is 77.2 Å². The van der Waals surface area contributed by atoms with Gasteiger partial charge in [0.05, 0.1) is 5.92 Å². The third kappa shape index (κ3) is 7.70. The average molecular weight is 718 g/mol. The van der Waals surface area contributed by atoms with E-state index in [1.807, 2.05) is 18.3 Å². The number of imide groups is 1. The Morgan fingerprint density at radius 2 is 1.58 bits per heavy atom. The zero-order valence-electron chi connectivity index (χ0n) is 31.0. The second-order valence-corrected chi connectivity index (χ2v) is 15.7. The largest absolute Gasteiger partial charge is 0.343 e. The predicted octanol–water partition coefficient (Wildman–Crippen LogP) is 5.75. The van der Waals surface area contributed by atoms with Gasteiger partial charge in [-0.2, -0.15) is 4.98 Å². The number of rotatable bonds is 9. The molecule has 1 aliphatic carbocycles. The summed E-state index contributed by atoms with van der Waals surface area (Å²) < 4.78 is 2.13. The molecule has 1 aromatic carbocycles. The van der Waals surface area contributed by atoms with Gasteiger partial charge in [-0.15, -0.1) is 0 Å². The minimum absolute atomic E-state index is 0.0138. The van der Waals surface area contributed by atoms with E-state index in [0.717, 1.165) is 87.8 Å². The Kier molecular flexibility index (Phi) is 10.2. The van der Waals surface area contributed by atoms with Crippen LogP contribution in [0.1, 0.15) is 109 Å². The second-order valence-electron chi connectivity index (χ2n) is 15.7. The minimum atomic E-state index is -0.221. The fourth-order valence-corrected chi connectivity index (χ4v) is 9.01. The fraction of sp³-hybridized carbons (Fsp3) is 0.512. The number of benzene rings is 1. The van der Waals surface area contributed by atoms with E-state index in [-0.39, 0.29) is 29.7 Å². The summed E-state index contributed by atoms with van der Waals surface area (Å²) >= 11 is 0. The van der Waals surface area contributed by atoms with Gasteiger partial charge in [0.1, 0.15) is 17.2 Å². The summed E-state index contributed by atoms with van der Waals surface area (Å²) in [4.78, 5) is 57.9. The third-order valence-corrected chi connectivity index (χ3v) is 12.0. The SMILES string of the molecule is CN(C)C(=O)c1cc2cnc(Nc3ccc(CN4CCC(N5CCC(c6ccc(C7CCC(=O)NC7=O)cc6)CC5)CC4)cn3)nc2n1C1CCCC1. The molecule has 0 bridgehead atoms. The van der Waals surface area contributed by atoms with E-state index in [1.54, 1.807) is 25.2 Å². The molecule has 3 amide bonds. The highest BCUT2D eigenvalue weighted by Crippen LogP contribution is 2.36. The van der Waals surface area contributed by atoms with Gasteiger partial charge in [0.2, 0.25) is 17.8 Å². The Bertz CT molecular complexity index is 1940. The average Bonchev–Trinajstić information content (AvgIpc) is 3.84. The van der Waals surface area contributed by atoms with Crippen LogP contribution in [0.2, 0.25) is 0 Å². The summed E-state index contributed by atoms with van der Waals surface area (Å²) in [5.74, 6) is 1.16. The number of amides is 3. The lowest BCUT2D eigenvalue weighted by Gasteiger charge is -2.42. The quantitative estimate of drug-likeness (QED) is 0.208. The van der Waals surface area contributed by atoms with Gasteiger partial charge in [-0.3, -0.25) is 24.6 Å². The normalized spacial score (nSPS) is 21.3. The van der Waals surface area contributed by atoms with Crippen molar-refractivity contribution in [2.75, 3.05) is 45.6 Å². The van der Waals surface area contributed by atoms with Crippen molar-refractivity contribution in [2.24, 2.45) is 0 Å². The summed E-state index contributed by atoms with van der Waals surface area (Å²) in [6, 6.07) is 15.5. The van der Waals surface area contributed by atoms with E-state index in [0.29, 0.717) is 42.3 Å². The molecule has 0 radical (unpaired) electrons. The molecule has 6 heterocycles. The third-order valence-electron chi connectivity index (χ3n) is 12.0. The summed E-state index contributed by atoms with van der Waals surface area (Å²) in [6.07, 6.45) is 13.9. The van der Waals surface area contributed by atoms with Crippen LogP contribution in [0.4, 0.5) is 11.8 Å². The monoisotopic (exact) mass is 717 g/mol. The van der Waals surface area contributed by atoms with Crippen LogP contribution in [0.3, 0.4) is 0 Å². The topological polar surface area (TPSA) is 129 Å². The zero-order valence-corrected chi connectivity index (χ0v) is 31.0. The van der Waals surface area contributed by atoms with Crippen molar-refractivity contribution < 1.29 is 14.4 Å². The zero-order chi connectivity index (χ0) is 36.5. The van der Waals surface area contributed by atoms with E-state index in [2.05, 4.69) is 60.3 Å². The molecule has 3 saturated heterocycles. The molecule has 12 heteroatoms. The predicted molar refractivity (Wildman–Crippen MR) is 204 cm³/mol. The van der Waals surface area contributed by atoms with Crippen LogP contribution in [0.25, 0.3) is 11.0 Å². The van der Waals surface area contributed by atoms with E-state index in [9.17, 15) is 14.4 Å². The smallest absolute Gasteiger partial charge is 0.270 e. The van der Waals surface area contributed by atoms with Crippen LogP contribution < -0.4 is 10.6 Å². The van der Waals surface area contributed by atoms with Crippen LogP contribution in [0.15, 0.2) is 54.9 Å². The molecule has 278 valence electrons. The Balaban J connectivity index is 0.813. The fourth-order valence-electron chi connectivity index (χ4n) is 9.01. The molecule has 8 rings (SSSR count). The Morgan fingerprint density at radius 3 is 2.26 bits per heavy atom. The number of carbonyl (C=O) groups excluding carboxylic acids is 3. The van der Waals surface area contributed by atoms with Gasteiger partial charge in [0, 0.05) is 56.9 Å². The Hall–Kier alpha value is -4.68. The van der Waals surface area contributed by atoms with Crippen LogP contribution in [0.5, 0.6) is 0 Å². The molecule has 1 saturated carbocycles. The number of nitrogens with zero attached hydrogens (tertiary/aromatic N) is 7. The molecule has 12 nitrogen and oxygen atoms in total. The molecular weight excluding hydrogens is 667 g/mol. The van der Waals surface area contributed by atoms with Gasteiger partial charge in [-0.25, -0.2) is 9.97 Å². The van der Waals surface area contributed by atoms with Gasteiger partial charge in [-0.05, 0) is 106 Å². The van der Waals surface area contributed by atoms with E-state index >= 15 is 0 Å². The highest BCUT2D eigenvalue weighted by molar-refractivity contribution is 6.01. The molecule has 2 N–H and O–H groups in total.